The smallest absolute Gasteiger partial charge is 0.102 e. The van der Waals surface area contributed by atoms with E-state index < -0.39 is 0 Å². The van der Waals surface area contributed by atoms with Gasteiger partial charge in [0.05, 0.1) is 19.3 Å². The summed E-state index contributed by atoms with van der Waals surface area (Å²) in [5, 5.41) is 8.04. The van der Waals surface area contributed by atoms with Crippen LogP contribution in [0.3, 0.4) is 0 Å². The molecule has 1 atom stereocenters. The van der Waals surface area contributed by atoms with E-state index in [1.807, 2.05) is 0 Å². The van der Waals surface area contributed by atoms with Crippen LogP contribution in [0.2, 0.25) is 0 Å². The molecule has 1 unspecified atom stereocenters. The molecule has 0 aromatic carbocycles. The van der Waals surface area contributed by atoms with E-state index in [2.05, 4.69) is 32.6 Å². The first-order valence-electron chi connectivity index (χ1n) is 4.86. The van der Waals surface area contributed by atoms with Crippen LogP contribution in [0.4, 0.5) is 0 Å². The first-order valence-corrected chi connectivity index (χ1v) is 4.86. The van der Waals surface area contributed by atoms with Gasteiger partial charge in [-0.05, 0) is 6.92 Å². The normalized spacial score (nSPS) is 24.6. The third kappa shape index (κ3) is 2.44. The molecule has 0 amide bonds. The molecule has 13 heavy (non-hydrogen) atoms. The highest BCUT2D eigenvalue weighted by Crippen LogP contribution is 2.20. The van der Waals surface area contributed by atoms with Crippen molar-refractivity contribution in [2.24, 2.45) is 5.41 Å². The van der Waals surface area contributed by atoms with Crippen molar-refractivity contribution in [3.05, 3.63) is 0 Å². The van der Waals surface area contributed by atoms with Gasteiger partial charge in [-0.1, -0.05) is 20.8 Å². The van der Waals surface area contributed by atoms with Gasteiger partial charge in [-0.15, -0.1) is 0 Å². The zero-order valence-electron chi connectivity index (χ0n) is 9.05. The number of rotatable bonds is 0. The Kier molecular flexibility index (Phi) is 2.96. The number of ether oxygens (including phenoxy) is 1. The van der Waals surface area contributed by atoms with Crippen LogP contribution in [0.5, 0.6) is 0 Å². The molecule has 0 aliphatic carbocycles. The average Bonchev–Trinajstić information content (AvgIpc) is 2.02. The standard InChI is InChI=1S/C10H20N2O/c1-8-7-13-6-5-12(8)9(11)10(2,3)4/h8,11H,5-7H2,1-4H3. The minimum absolute atomic E-state index is 0.0500. The molecule has 0 bridgehead atoms. The summed E-state index contributed by atoms with van der Waals surface area (Å²) in [6.07, 6.45) is 0. The lowest BCUT2D eigenvalue weighted by atomic mass is 9.93. The Hall–Kier alpha value is -0.570. The van der Waals surface area contributed by atoms with E-state index >= 15 is 0 Å². The molecule has 1 rings (SSSR count). The lowest BCUT2D eigenvalue weighted by molar-refractivity contribution is 0.0291. The summed E-state index contributed by atoms with van der Waals surface area (Å²) in [4.78, 5) is 2.14. The van der Waals surface area contributed by atoms with Gasteiger partial charge in [0, 0.05) is 12.0 Å². The lowest BCUT2D eigenvalue weighted by Gasteiger charge is -2.39. The molecule has 1 aliphatic heterocycles. The van der Waals surface area contributed by atoms with Crippen LogP contribution >= 0.6 is 0 Å². The maximum absolute atomic E-state index is 8.04. The van der Waals surface area contributed by atoms with Crippen molar-refractivity contribution in [2.45, 2.75) is 33.7 Å². The number of hydrogen-bond acceptors (Lipinski definition) is 2. The van der Waals surface area contributed by atoms with Gasteiger partial charge in [0.1, 0.15) is 5.84 Å². The van der Waals surface area contributed by atoms with Crippen LogP contribution in [-0.4, -0.2) is 36.5 Å². The third-order valence-electron chi connectivity index (χ3n) is 2.37. The molecular formula is C10H20N2O. The zero-order valence-corrected chi connectivity index (χ0v) is 9.05. The first-order chi connectivity index (χ1) is 5.93. The van der Waals surface area contributed by atoms with Crippen molar-refractivity contribution in [3.8, 4) is 0 Å². The number of morpholine rings is 1. The number of hydrogen-bond donors (Lipinski definition) is 1. The van der Waals surface area contributed by atoms with E-state index in [4.69, 9.17) is 10.1 Å². The SMILES string of the molecule is CC1COCCN1C(=N)C(C)(C)C. The molecule has 1 fully saturated rings. The van der Waals surface area contributed by atoms with Crippen molar-refractivity contribution in [3.63, 3.8) is 0 Å². The van der Waals surface area contributed by atoms with Crippen LogP contribution in [0.1, 0.15) is 27.7 Å². The summed E-state index contributed by atoms with van der Waals surface area (Å²) in [6.45, 7) is 10.7. The molecule has 76 valence electrons. The molecular weight excluding hydrogens is 164 g/mol. The molecule has 1 aliphatic rings. The second-order valence-corrected chi connectivity index (χ2v) is 4.72. The van der Waals surface area contributed by atoms with E-state index in [0.29, 0.717) is 6.04 Å². The lowest BCUT2D eigenvalue weighted by Crippen LogP contribution is -2.50. The molecule has 0 radical (unpaired) electrons. The summed E-state index contributed by atoms with van der Waals surface area (Å²) in [5.41, 5.74) is -0.0500. The fourth-order valence-corrected chi connectivity index (χ4v) is 1.49. The van der Waals surface area contributed by atoms with Crippen molar-refractivity contribution in [1.82, 2.24) is 4.90 Å². The van der Waals surface area contributed by atoms with Gasteiger partial charge >= 0.3 is 0 Å². The Balaban J connectivity index is 2.64. The van der Waals surface area contributed by atoms with Crippen molar-refractivity contribution in [1.29, 1.82) is 5.41 Å². The van der Waals surface area contributed by atoms with Crippen molar-refractivity contribution < 1.29 is 4.74 Å². The van der Waals surface area contributed by atoms with Crippen LogP contribution in [0, 0.1) is 10.8 Å². The molecule has 1 N–H and O–H groups in total. The fraction of sp³-hybridized carbons (Fsp3) is 0.900. The second kappa shape index (κ2) is 3.66. The topological polar surface area (TPSA) is 36.3 Å². The number of nitrogens with one attached hydrogen (secondary N) is 1. The highest BCUT2D eigenvalue weighted by atomic mass is 16.5. The van der Waals surface area contributed by atoms with Gasteiger partial charge in [0.2, 0.25) is 0 Å². The van der Waals surface area contributed by atoms with Gasteiger partial charge in [-0.2, -0.15) is 0 Å². The van der Waals surface area contributed by atoms with E-state index in [1.54, 1.807) is 0 Å². The zero-order chi connectivity index (χ0) is 10.1. The summed E-state index contributed by atoms with van der Waals surface area (Å²) in [7, 11) is 0. The Morgan fingerprint density at radius 2 is 2.08 bits per heavy atom. The molecule has 0 aromatic rings. The maximum Gasteiger partial charge on any atom is 0.102 e. The minimum Gasteiger partial charge on any atom is -0.377 e. The molecule has 3 heteroatoms. The average molecular weight is 184 g/mol. The van der Waals surface area contributed by atoms with Crippen LogP contribution < -0.4 is 0 Å². The van der Waals surface area contributed by atoms with E-state index in [1.165, 1.54) is 0 Å². The number of amidine groups is 1. The molecule has 1 saturated heterocycles. The molecule has 3 nitrogen and oxygen atoms in total. The van der Waals surface area contributed by atoms with Crippen molar-refractivity contribution in [2.75, 3.05) is 19.8 Å². The Labute approximate surface area is 80.6 Å². The van der Waals surface area contributed by atoms with Gasteiger partial charge in [0.25, 0.3) is 0 Å². The Morgan fingerprint density at radius 1 is 1.46 bits per heavy atom. The van der Waals surface area contributed by atoms with Gasteiger partial charge in [-0.3, -0.25) is 5.41 Å². The highest BCUT2D eigenvalue weighted by molar-refractivity contribution is 5.84. The predicted octanol–water partition coefficient (Wildman–Crippen LogP) is 1.73. The summed E-state index contributed by atoms with van der Waals surface area (Å²) in [6, 6.07) is 0.348. The van der Waals surface area contributed by atoms with Crippen LogP contribution in [-0.2, 0) is 4.74 Å². The largest absolute Gasteiger partial charge is 0.377 e. The summed E-state index contributed by atoms with van der Waals surface area (Å²) in [5.74, 6) is 0.725. The molecule has 0 aromatic heterocycles. The first kappa shape index (κ1) is 10.5. The van der Waals surface area contributed by atoms with Crippen LogP contribution in [0.25, 0.3) is 0 Å². The third-order valence-corrected chi connectivity index (χ3v) is 2.37. The van der Waals surface area contributed by atoms with Gasteiger partial charge < -0.3 is 9.64 Å². The summed E-state index contributed by atoms with van der Waals surface area (Å²) >= 11 is 0. The number of nitrogens with zero attached hydrogens (tertiary/aromatic N) is 1. The van der Waals surface area contributed by atoms with Crippen molar-refractivity contribution >= 4 is 5.84 Å². The molecule has 0 saturated carbocycles. The highest BCUT2D eigenvalue weighted by Gasteiger charge is 2.28. The predicted molar refractivity (Wildman–Crippen MR) is 54.2 cm³/mol. The Morgan fingerprint density at radius 3 is 2.54 bits per heavy atom. The van der Waals surface area contributed by atoms with Crippen LogP contribution in [0.15, 0.2) is 0 Å². The van der Waals surface area contributed by atoms with E-state index in [9.17, 15) is 0 Å². The van der Waals surface area contributed by atoms with E-state index in [0.717, 1.165) is 25.6 Å². The summed E-state index contributed by atoms with van der Waals surface area (Å²) < 4.78 is 5.34. The maximum atomic E-state index is 8.04. The van der Waals surface area contributed by atoms with Gasteiger partial charge in [0.15, 0.2) is 0 Å². The molecule has 0 spiro atoms. The fourth-order valence-electron chi connectivity index (χ4n) is 1.49. The van der Waals surface area contributed by atoms with Gasteiger partial charge in [-0.25, -0.2) is 0 Å². The Bertz CT molecular complexity index is 196. The quantitative estimate of drug-likeness (QED) is 0.460. The monoisotopic (exact) mass is 184 g/mol. The second-order valence-electron chi connectivity index (χ2n) is 4.72. The minimum atomic E-state index is -0.0500. The van der Waals surface area contributed by atoms with E-state index in [-0.39, 0.29) is 5.41 Å². The molecule has 1 heterocycles.